The third-order valence-corrected chi connectivity index (χ3v) is 3.95. The molecule has 5 nitrogen and oxygen atoms in total. The molecule has 1 rings (SSSR count). The lowest BCUT2D eigenvalue weighted by Gasteiger charge is -2.51. The van der Waals surface area contributed by atoms with E-state index in [0.29, 0.717) is 0 Å². The van der Waals surface area contributed by atoms with Crippen LogP contribution in [0.15, 0.2) is 0 Å². The molecule has 1 aliphatic carbocycles. The van der Waals surface area contributed by atoms with Gasteiger partial charge in [-0.05, 0) is 19.8 Å². The maximum absolute atomic E-state index is 11.7. The second-order valence-electron chi connectivity index (χ2n) is 6.02. The Morgan fingerprint density at radius 1 is 1.53 bits per heavy atom. The number of aliphatic hydroxyl groups excluding tert-OH is 1. The normalized spacial score (nSPS) is 26.4. The number of carbonyl (C=O) groups excluding carboxylic acids is 1. The van der Waals surface area contributed by atoms with Gasteiger partial charge in [-0.2, -0.15) is 0 Å². The van der Waals surface area contributed by atoms with E-state index in [1.165, 1.54) is 0 Å². The van der Waals surface area contributed by atoms with Crippen LogP contribution in [0.3, 0.4) is 0 Å². The molecule has 0 radical (unpaired) electrons. The van der Waals surface area contributed by atoms with Crippen LogP contribution in [-0.4, -0.2) is 42.5 Å². The molecule has 0 aromatic rings. The van der Waals surface area contributed by atoms with Crippen LogP contribution in [0.5, 0.6) is 0 Å². The van der Waals surface area contributed by atoms with Crippen molar-refractivity contribution in [3.05, 3.63) is 0 Å². The van der Waals surface area contributed by atoms with E-state index in [0.717, 1.165) is 25.9 Å². The summed E-state index contributed by atoms with van der Waals surface area (Å²) in [5.41, 5.74) is -0.0342. The van der Waals surface area contributed by atoms with Crippen molar-refractivity contribution in [3.63, 3.8) is 0 Å². The van der Waals surface area contributed by atoms with E-state index >= 15 is 0 Å². The van der Waals surface area contributed by atoms with Gasteiger partial charge >= 0.3 is 6.03 Å². The first-order valence-corrected chi connectivity index (χ1v) is 7.21. The average Bonchev–Trinajstić information content (AvgIpc) is 2.36. The highest BCUT2D eigenvalue weighted by atomic mass is 16.5. The van der Waals surface area contributed by atoms with Crippen LogP contribution < -0.4 is 10.6 Å². The van der Waals surface area contributed by atoms with Gasteiger partial charge in [0, 0.05) is 18.1 Å². The lowest BCUT2D eigenvalue weighted by Crippen LogP contribution is -2.63. The number of nitrogens with one attached hydrogen (secondary N) is 2. The molecule has 19 heavy (non-hydrogen) atoms. The Balaban J connectivity index is 2.32. The molecule has 112 valence electrons. The molecule has 3 atom stereocenters. The summed E-state index contributed by atoms with van der Waals surface area (Å²) in [6.07, 6.45) is 3.30. The first-order valence-electron chi connectivity index (χ1n) is 7.21. The Hall–Kier alpha value is -0.810. The molecular formula is C14H28N2O3. The van der Waals surface area contributed by atoms with Crippen LogP contribution in [-0.2, 0) is 4.74 Å². The van der Waals surface area contributed by atoms with Gasteiger partial charge in [-0.1, -0.05) is 27.2 Å². The van der Waals surface area contributed by atoms with Gasteiger partial charge in [0.05, 0.1) is 18.8 Å². The second-order valence-corrected chi connectivity index (χ2v) is 6.02. The topological polar surface area (TPSA) is 70.6 Å². The van der Waals surface area contributed by atoms with Gasteiger partial charge in [0.1, 0.15) is 0 Å². The minimum absolute atomic E-state index is 0.0342. The molecule has 1 saturated carbocycles. The molecule has 0 spiro atoms. The molecule has 2 unspecified atom stereocenters. The maximum Gasteiger partial charge on any atom is 0.315 e. The highest BCUT2D eigenvalue weighted by Gasteiger charge is 2.49. The quantitative estimate of drug-likeness (QED) is 0.617. The zero-order chi connectivity index (χ0) is 14.5. The van der Waals surface area contributed by atoms with Crippen LogP contribution >= 0.6 is 0 Å². The number of hydrogen-bond donors (Lipinski definition) is 3. The lowest BCUT2D eigenvalue weighted by molar-refractivity contribution is -0.114. The minimum atomic E-state index is -0.222. The summed E-state index contributed by atoms with van der Waals surface area (Å²) in [6, 6.07) is -0.309. The summed E-state index contributed by atoms with van der Waals surface area (Å²) in [5, 5.41) is 14.5. The zero-order valence-corrected chi connectivity index (χ0v) is 12.5. The monoisotopic (exact) mass is 272 g/mol. The fourth-order valence-electron chi connectivity index (χ4n) is 2.25. The minimum Gasteiger partial charge on any atom is -0.394 e. The van der Waals surface area contributed by atoms with E-state index in [1.54, 1.807) is 6.92 Å². The second kappa shape index (κ2) is 7.10. The largest absolute Gasteiger partial charge is 0.394 e. The molecule has 0 heterocycles. The molecule has 5 heteroatoms. The highest BCUT2D eigenvalue weighted by molar-refractivity contribution is 5.74. The van der Waals surface area contributed by atoms with Gasteiger partial charge in [-0.25, -0.2) is 4.79 Å². The first-order chi connectivity index (χ1) is 8.91. The molecule has 0 aromatic carbocycles. The van der Waals surface area contributed by atoms with E-state index < -0.39 is 0 Å². The van der Waals surface area contributed by atoms with E-state index in [-0.39, 0.29) is 36.2 Å². The predicted octanol–water partition coefficient (Wildman–Crippen LogP) is 1.65. The van der Waals surface area contributed by atoms with Crippen LogP contribution in [0.1, 0.15) is 47.0 Å². The molecular weight excluding hydrogens is 244 g/mol. The van der Waals surface area contributed by atoms with Crippen LogP contribution in [0.25, 0.3) is 0 Å². The maximum atomic E-state index is 11.7. The predicted molar refractivity (Wildman–Crippen MR) is 75.0 cm³/mol. The van der Waals surface area contributed by atoms with Crippen molar-refractivity contribution in [2.45, 2.75) is 65.1 Å². The van der Waals surface area contributed by atoms with Crippen molar-refractivity contribution in [1.29, 1.82) is 0 Å². The Morgan fingerprint density at radius 2 is 2.21 bits per heavy atom. The number of hydrogen-bond acceptors (Lipinski definition) is 3. The number of ether oxygens (including phenoxy) is 1. The summed E-state index contributed by atoms with van der Waals surface area (Å²) >= 11 is 0. The molecule has 1 fully saturated rings. The summed E-state index contributed by atoms with van der Waals surface area (Å²) in [4.78, 5) is 11.7. The van der Waals surface area contributed by atoms with E-state index in [4.69, 9.17) is 9.84 Å². The summed E-state index contributed by atoms with van der Waals surface area (Å²) < 4.78 is 5.84. The molecule has 0 aliphatic heterocycles. The molecule has 0 saturated heterocycles. The van der Waals surface area contributed by atoms with Crippen molar-refractivity contribution < 1.29 is 14.6 Å². The van der Waals surface area contributed by atoms with Crippen molar-refractivity contribution in [1.82, 2.24) is 10.6 Å². The Morgan fingerprint density at radius 3 is 2.74 bits per heavy atom. The van der Waals surface area contributed by atoms with E-state index in [1.807, 2.05) is 0 Å². The number of amides is 2. The fourth-order valence-corrected chi connectivity index (χ4v) is 2.25. The van der Waals surface area contributed by atoms with Crippen molar-refractivity contribution in [2.75, 3.05) is 13.2 Å². The Kier molecular flexibility index (Phi) is 6.07. The standard InChI is InChI=1S/C14H28N2O3/c1-5-6-7-19-12-8-11(14(12,3)4)16-13(18)15-10(2)9-17/h10-12,17H,5-9H2,1-4H3,(H2,15,16,18)/t10-,11?,12?/m0/s1. The summed E-state index contributed by atoms with van der Waals surface area (Å²) in [6.45, 7) is 8.89. The number of carbonyl (C=O) groups is 1. The average molecular weight is 272 g/mol. The molecule has 0 aromatic heterocycles. The first kappa shape index (κ1) is 16.2. The zero-order valence-electron chi connectivity index (χ0n) is 12.5. The SMILES string of the molecule is CCCCOC1CC(NC(=O)N[C@@H](C)CO)C1(C)C. The summed E-state index contributed by atoms with van der Waals surface area (Å²) in [5.74, 6) is 0. The Labute approximate surface area is 116 Å². The van der Waals surface area contributed by atoms with E-state index in [9.17, 15) is 4.79 Å². The van der Waals surface area contributed by atoms with Gasteiger partial charge in [-0.15, -0.1) is 0 Å². The van der Waals surface area contributed by atoms with Gasteiger partial charge < -0.3 is 20.5 Å². The molecule has 2 amide bonds. The summed E-state index contributed by atoms with van der Waals surface area (Å²) in [7, 11) is 0. The fraction of sp³-hybridized carbons (Fsp3) is 0.929. The third kappa shape index (κ3) is 4.35. The smallest absolute Gasteiger partial charge is 0.315 e. The third-order valence-electron chi connectivity index (χ3n) is 3.95. The van der Waals surface area contributed by atoms with Crippen molar-refractivity contribution in [3.8, 4) is 0 Å². The molecule has 0 bridgehead atoms. The number of urea groups is 1. The van der Waals surface area contributed by atoms with Gasteiger partial charge in [0.2, 0.25) is 0 Å². The number of aliphatic hydroxyl groups is 1. The lowest BCUT2D eigenvalue weighted by atomic mass is 9.64. The van der Waals surface area contributed by atoms with Crippen LogP contribution in [0.4, 0.5) is 4.79 Å². The molecule has 1 aliphatic rings. The highest BCUT2D eigenvalue weighted by Crippen LogP contribution is 2.42. The van der Waals surface area contributed by atoms with Gasteiger partial charge in [0.15, 0.2) is 0 Å². The van der Waals surface area contributed by atoms with Crippen LogP contribution in [0.2, 0.25) is 0 Å². The number of unbranched alkanes of at least 4 members (excludes halogenated alkanes) is 1. The van der Waals surface area contributed by atoms with Gasteiger partial charge in [0.25, 0.3) is 0 Å². The Bertz CT molecular complexity index is 294. The van der Waals surface area contributed by atoms with Crippen LogP contribution in [0, 0.1) is 5.41 Å². The van der Waals surface area contributed by atoms with E-state index in [2.05, 4.69) is 31.4 Å². The van der Waals surface area contributed by atoms with Gasteiger partial charge in [-0.3, -0.25) is 0 Å². The van der Waals surface area contributed by atoms with Crippen molar-refractivity contribution in [2.24, 2.45) is 5.41 Å². The van der Waals surface area contributed by atoms with Crippen molar-refractivity contribution >= 4 is 6.03 Å². The molecule has 3 N–H and O–H groups in total. The number of rotatable bonds is 7.